The lowest BCUT2D eigenvalue weighted by Gasteiger charge is -2.05. The number of aliphatic carboxylic acids is 1. The molecule has 0 fully saturated rings. The highest BCUT2D eigenvalue weighted by Crippen LogP contribution is 2.23. The number of hydrogen-bond donors (Lipinski definition) is 1. The van der Waals surface area contributed by atoms with E-state index in [1.807, 2.05) is 35.0 Å². The monoisotopic (exact) mass is 365 g/mol. The molecule has 0 aliphatic heterocycles. The maximum absolute atomic E-state index is 13.1. The third-order valence-electron chi connectivity index (χ3n) is 4.11. The van der Waals surface area contributed by atoms with Crippen LogP contribution in [0, 0.1) is 5.82 Å². The van der Waals surface area contributed by atoms with Crippen LogP contribution >= 0.6 is 0 Å². The van der Waals surface area contributed by atoms with Crippen molar-refractivity contribution in [2.75, 3.05) is 0 Å². The van der Waals surface area contributed by atoms with E-state index in [1.165, 1.54) is 18.2 Å². The van der Waals surface area contributed by atoms with Gasteiger partial charge in [-0.3, -0.25) is 9.59 Å². The van der Waals surface area contributed by atoms with Gasteiger partial charge < -0.3 is 9.67 Å². The van der Waals surface area contributed by atoms with Crippen LogP contribution in [0.3, 0.4) is 0 Å². The molecule has 0 radical (unpaired) electrons. The number of halogens is 1. The number of hydrogen-bond acceptors (Lipinski definition) is 3. The molecule has 2 aromatic carbocycles. The Morgan fingerprint density at radius 3 is 2.44 bits per heavy atom. The van der Waals surface area contributed by atoms with Crippen LogP contribution in [-0.4, -0.2) is 27.2 Å². The van der Waals surface area contributed by atoms with Crippen LogP contribution in [0.25, 0.3) is 17.0 Å². The topological polar surface area (TPSA) is 76.4 Å². The minimum atomic E-state index is -1.62. The summed E-state index contributed by atoms with van der Waals surface area (Å²) < 4.78 is 15.1. The number of nitrogens with zero attached hydrogens (tertiary/aromatic N) is 1. The number of fused-ring (bicyclic) bond motifs is 1. The average molecular weight is 365 g/mol. The molecule has 27 heavy (non-hydrogen) atoms. The van der Waals surface area contributed by atoms with Gasteiger partial charge in [-0.05, 0) is 35.9 Å². The van der Waals surface area contributed by atoms with Gasteiger partial charge in [0.15, 0.2) is 5.78 Å². The van der Waals surface area contributed by atoms with Crippen LogP contribution in [0.2, 0.25) is 0 Å². The van der Waals surface area contributed by atoms with Crippen molar-refractivity contribution in [3.05, 3.63) is 77.7 Å². The largest absolute Gasteiger partial charge is 0.475 e. The number of carboxylic acids is 1. The minimum Gasteiger partial charge on any atom is -0.475 e. The van der Waals surface area contributed by atoms with Crippen LogP contribution in [-0.2, 0) is 20.9 Å². The SMILES string of the molecule is O=C(/C=C/c1cn(Cc2ccc(F)cc2)c2ccccc12)CC(=O)C(=O)O. The van der Waals surface area contributed by atoms with Crippen molar-refractivity contribution in [2.24, 2.45) is 0 Å². The molecule has 0 bridgehead atoms. The number of Topliss-reactive ketones (excluding diaryl/α,β-unsaturated/α-hetero) is 1. The summed E-state index contributed by atoms with van der Waals surface area (Å²) in [5, 5.41) is 9.48. The molecule has 0 saturated carbocycles. The van der Waals surface area contributed by atoms with Crippen LogP contribution in [0.5, 0.6) is 0 Å². The Bertz CT molecular complexity index is 1050. The highest BCUT2D eigenvalue weighted by atomic mass is 19.1. The summed E-state index contributed by atoms with van der Waals surface area (Å²) in [6.45, 7) is 0.528. The molecule has 136 valence electrons. The zero-order chi connectivity index (χ0) is 19.4. The predicted octanol–water partition coefficient (Wildman–Crippen LogP) is 3.45. The van der Waals surface area contributed by atoms with Crippen LogP contribution in [0.4, 0.5) is 4.39 Å². The van der Waals surface area contributed by atoms with Gasteiger partial charge in [0.25, 0.3) is 0 Å². The van der Waals surface area contributed by atoms with Gasteiger partial charge in [-0.25, -0.2) is 9.18 Å². The van der Waals surface area contributed by atoms with Gasteiger partial charge in [-0.15, -0.1) is 0 Å². The Morgan fingerprint density at radius 2 is 1.74 bits per heavy atom. The molecule has 0 atom stereocenters. The second-order valence-corrected chi connectivity index (χ2v) is 6.06. The fourth-order valence-electron chi connectivity index (χ4n) is 2.80. The van der Waals surface area contributed by atoms with Gasteiger partial charge in [-0.2, -0.15) is 0 Å². The molecule has 0 aliphatic carbocycles. The third-order valence-corrected chi connectivity index (χ3v) is 4.11. The molecule has 0 amide bonds. The lowest BCUT2D eigenvalue weighted by molar-refractivity contribution is -0.149. The van der Waals surface area contributed by atoms with Crippen LogP contribution in [0.15, 0.2) is 60.8 Å². The maximum atomic E-state index is 13.1. The normalized spacial score (nSPS) is 11.1. The summed E-state index contributed by atoms with van der Waals surface area (Å²) in [6, 6.07) is 13.8. The summed E-state index contributed by atoms with van der Waals surface area (Å²) in [7, 11) is 0. The van der Waals surface area contributed by atoms with E-state index in [1.54, 1.807) is 18.2 Å². The van der Waals surface area contributed by atoms with E-state index < -0.39 is 24.0 Å². The highest BCUT2D eigenvalue weighted by molar-refractivity contribution is 6.37. The maximum Gasteiger partial charge on any atom is 0.372 e. The van der Waals surface area contributed by atoms with Gasteiger partial charge in [0.05, 0.1) is 6.42 Å². The Balaban J connectivity index is 1.87. The number of benzene rings is 2. The lowest BCUT2D eigenvalue weighted by Crippen LogP contribution is -2.15. The zero-order valence-electron chi connectivity index (χ0n) is 14.3. The molecule has 3 aromatic rings. The summed E-state index contributed by atoms with van der Waals surface area (Å²) in [5.74, 6) is -3.62. The Morgan fingerprint density at radius 1 is 1.04 bits per heavy atom. The molecule has 6 heteroatoms. The van der Waals surface area contributed by atoms with Crippen molar-refractivity contribution in [1.29, 1.82) is 0 Å². The van der Waals surface area contributed by atoms with Crippen molar-refractivity contribution < 1.29 is 23.9 Å². The number of allylic oxidation sites excluding steroid dienone is 1. The quantitative estimate of drug-likeness (QED) is 0.395. The Hall–Kier alpha value is -3.54. The second kappa shape index (κ2) is 7.78. The van der Waals surface area contributed by atoms with E-state index in [4.69, 9.17) is 5.11 Å². The van der Waals surface area contributed by atoms with Crippen LogP contribution < -0.4 is 0 Å². The molecule has 0 aliphatic rings. The van der Waals surface area contributed by atoms with Crippen molar-refractivity contribution in [1.82, 2.24) is 4.57 Å². The molecule has 1 heterocycles. The summed E-state index contributed by atoms with van der Waals surface area (Å²) in [5.41, 5.74) is 2.63. The zero-order valence-corrected chi connectivity index (χ0v) is 14.3. The lowest BCUT2D eigenvalue weighted by atomic mass is 10.1. The Labute approximate surface area is 154 Å². The first-order valence-corrected chi connectivity index (χ1v) is 8.23. The molecule has 0 unspecified atom stereocenters. The minimum absolute atomic E-state index is 0.297. The first-order valence-electron chi connectivity index (χ1n) is 8.23. The molecule has 1 N–H and O–H groups in total. The van der Waals surface area contributed by atoms with E-state index in [9.17, 15) is 18.8 Å². The van der Waals surface area contributed by atoms with Crippen LogP contribution in [0.1, 0.15) is 17.5 Å². The van der Waals surface area contributed by atoms with Gasteiger partial charge in [-0.1, -0.05) is 30.3 Å². The molecule has 0 spiro atoms. The van der Waals surface area contributed by atoms with Crippen molar-refractivity contribution >= 4 is 34.5 Å². The molecule has 5 nitrogen and oxygen atoms in total. The van der Waals surface area contributed by atoms with E-state index in [2.05, 4.69) is 0 Å². The van der Waals surface area contributed by atoms with E-state index >= 15 is 0 Å². The smallest absolute Gasteiger partial charge is 0.372 e. The van der Waals surface area contributed by atoms with E-state index in [-0.39, 0.29) is 5.82 Å². The number of aromatic nitrogens is 1. The van der Waals surface area contributed by atoms with Gasteiger partial charge >= 0.3 is 5.97 Å². The number of rotatable bonds is 7. The van der Waals surface area contributed by atoms with Crippen molar-refractivity contribution in [2.45, 2.75) is 13.0 Å². The predicted molar refractivity (Wildman–Crippen MR) is 98.7 cm³/mol. The van der Waals surface area contributed by atoms with E-state index in [0.717, 1.165) is 22.0 Å². The number of carboxylic acid groups (broad SMARTS) is 1. The van der Waals surface area contributed by atoms with Crippen molar-refractivity contribution in [3.8, 4) is 0 Å². The molecule has 3 rings (SSSR count). The fourth-order valence-corrected chi connectivity index (χ4v) is 2.80. The number of carbonyl (C=O) groups is 3. The van der Waals surface area contributed by atoms with Gasteiger partial charge in [0, 0.05) is 29.2 Å². The van der Waals surface area contributed by atoms with Gasteiger partial charge in [0.2, 0.25) is 5.78 Å². The number of para-hydroxylation sites is 1. The van der Waals surface area contributed by atoms with Crippen molar-refractivity contribution in [3.63, 3.8) is 0 Å². The third kappa shape index (κ3) is 4.36. The number of carbonyl (C=O) groups excluding carboxylic acids is 2. The fraction of sp³-hybridized carbons (Fsp3) is 0.0952. The molecule has 1 aromatic heterocycles. The van der Waals surface area contributed by atoms with E-state index in [0.29, 0.717) is 6.54 Å². The first-order chi connectivity index (χ1) is 12.9. The summed E-state index contributed by atoms with van der Waals surface area (Å²) in [4.78, 5) is 33.4. The standard InChI is InChI=1S/C21H16FNO4/c22-16-8-5-14(6-9-16)12-23-13-15(18-3-1-2-4-19(18)23)7-10-17(24)11-20(25)21(26)27/h1-10,13H,11-12H2,(H,26,27)/b10-7+. The molecule has 0 saturated heterocycles. The highest BCUT2D eigenvalue weighted by Gasteiger charge is 2.14. The average Bonchev–Trinajstić information content (AvgIpc) is 2.99. The first kappa shape index (κ1) is 18.3. The second-order valence-electron chi connectivity index (χ2n) is 6.06. The molecular formula is C21H16FNO4. The molecular weight excluding hydrogens is 349 g/mol. The Kier molecular flexibility index (Phi) is 5.26. The van der Waals surface area contributed by atoms with Gasteiger partial charge in [0.1, 0.15) is 5.82 Å². The summed E-state index contributed by atoms with van der Waals surface area (Å²) in [6.07, 6.45) is 3.97. The summed E-state index contributed by atoms with van der Waals surface area (Å²) >= 11 is 0. The number of ketones is 2.